The van der Waals surface area contributed by atoms with Crippen LogP contribution >= 0.6 is 0 Å². The highest BCUT2D eigenvalue weighted by Crippen LogP contribution is 2.26. The minimum atomic E-state index is 0.314. The van der Waals surface area contributed by atoms with Crippen LogP contribution in [0.25, 0.3) is 0 Å². The summed E-state index contributed by atoms with van der Waals surface area (Å²) in [5.74, 6) is 0.726. The van der Waals surface area contributed by atoms with Crippen LogP contribution in [0, 0.1) is 5.92 Å². The maximum atomic E-state index is 9.82. The normalized spacial score (nSPS) is 15.2. The first-order valence-electron chi connectivity index (χ1n) is 17.4. The first-order valence-corrected chi connectivity index (χ1v) is 17.4. The molecule has 0 spiro atoms. The number of aliphatic hydroxyl groups excluding tert-OH is 1. The zero-order chi connectivity index (χ0) is 27.4. The molecule has 0 aliphatic carbocycles. The third-order valence-electron chi connectivity index (χ3n) is 8.68. The monoisotopic (exact) mass is 534 g/mol. The molecular weight excluding hydrogens is 464 g/mol. The number of nitrogens with zero attached hydrogens (tertiary/aromatic N) is 1. The van der Waals surface area contributed by atoms with Crippen molar-refractivity contribution in [1.29, 1.82) is 0 Å². The van der Waals surface area contributed by atoms with E-state index in [0.29, 0.717) is 12.6 Å². The lowest BCUT2D eigenvalue weighted by Crippen LogP contribution is -2.34. The van der Waals surface area contributed by atoms with E-state index in [2.05, 4.69) is 42.2 Å². The van der Waals surface area contributed by atoms with Gasteiger partial charge in [-0.05, 0) is 44.4 Å². The van der Waals surface area contributed by atoms with Crippen molar-refractivity contribution < 1.29 is 9.68 Å². The molecule has 0 radical (unpaired) electrons. The van der Waals surface area contributed by atoms with Gasteiger partial charge in [0.1, 0.15) is 19.1 Å². The minimum absolute atomic E-state index is 0.314. The fraction of sp³-hybridized carbons (Fsp3) is 0.914. The topological polar surface area (TPSA) is 35.3 Å². The Labute approximate surface area is 239 Å². The molecule has 0 saturated heterocycles. The number of nitrogens with one attached hydrogen (secondary N) is 1. The summed E-state index contributed by atoms with van der Waals surface area (Å²) in [4.78, 5) is 0. The molecule has 1 heterocycles. The number of rotatable bonds is 29. The van der Waals surface area contributed by atoms with Crippen molar-refractivity contribution in [2.75, 3.05) is 19.7 Å². The first kappa shape index (κ1) is 35.2. The van der Waals surface area contributed by atoms with Gasteiger partial charge in [0.15, 0.2) is 0 Å². The summed E-state index contributed by atoms with van der Waals surface area (Å²) in [5, 5.41) is 13.2. The summed E-state index contributed by atoms with van der Waals surface area (Å²) in [6, 6.07) is 0.512. The van der Waals surface area contributed by atoms with Gasteiger partial charge in [0.25, 0.3) is 0 Å². The predicted octanol–water partition coefficient (Wildman–Crippen LogP) is 9.96. The van der Waals surface area contributed by atoms with Crippen molar-refractivity contribution in [2.45, 2.75) is 180 Å². The maximum Gasteiger partial charge on any atom is 0.232 e. The summed E-state index contributed by atoms with van der Waals surface area (Å²) in [7, 11) is 0. The first-order chi connectivity index (χ1) is 18.8. The van der Waals surface area contributed by atoms with Gasteiger partial charge in [-0.1, -0.05) is 142 Å². The van der Waals surface area contributed by atoms with Crippen LogP contribution in [0.1, 0.15) is 174 Å². The number of hydrogen-bond acceptors (Lipinski definition) is 2. The number of unbranched alkanes of at least 4 members (excludes halogenated alkanes) is 19. The van der Waals surface area contributed by atoms with Gasteiger partial charge < -0.3 is 5.11 Å². The molecule has 0 aromatic rings. The molecule has 0 aromatic carbocycles. The van der Waals surface area contributed by atoms with E-state index in [0.717, 1.165) is 25.4 Å². The van der Waals surface area contributed by atoms with Gasteiger partial charge in [0.2, 0.25) is 6.34 Å². The second-order valence-electron chi connectivity index (χ2n) is 12.2. The van der Waals surface area contributed by atoms with Crippen molar-refractivity contribution in [3.05, 3.63) is 12.2 Å². The largest absolute Gasteiger partial charge is 0.396 e. The van der Waals surface area contributed by atoms with E-state index in [1.807, 2.05) is 0 Å². The average Bonchev–Trinajstić information content (AvgIpc) is 3.47. The molecule has 2 unspecified atom stereocenters. The molecule has 1 aliphatic heterocycles. The molecule has 2 atom stereocenters. The van der Waals surface area contributed by atoms with Gasteiger partial charge in [0, 0.05) is 13.0 Å². The van der Waals surface area contributed by atoms with Crippen LogP contribution in [0.5, 0.6) is 0 Å². The van der Waals surface area contributed by atoms with E-state index in [1.54, 1.807) is 0 Å². The highest BCUT2D eigenvalue weighted by Gasteiger charge is 2.28. The quantitative estimate of drug-likeness (QED) is 0.0570. The lowest BCUT2D eigenvalue weighted by atomic mass is 9.86. The summed E-state index contributed by atoms with van der Waals surface area (Å²) >= 11 is 0. The fourth-order valence-corrected chi connectivity index (χ4v) is 6.23. The lowest BCUT2D eigenvalue weighted by Gasteiger charge is -2.26. The van der Waals surface area contributed by atoms with E-state index in [4.69, 9.17) is 0 Å². The fourth-order valence-electron chi connectivity index (χ4n) is 6.23. The smallest absolute Gasteiger partial charge is 0.232 e. The van der Waals surface area contributed by atoms with Crippen molar-refractivity contribution in [3.63, 3.8) is 0 Å². The van der Waals surface area contributed by atoms with Gasteiger partial charge in [-0.2, -0.15) is 0 Å². The van der Waals surface area contributed by atoms with Crippen molar-refractivity contribution in [2.24, 2.45) is 5.92 Å². The Morgan fingerprint density at radius 3 is 1.50 bits per heavy atom. The molecule has 3 heteroatoms. The zero-order valence-electron chi connectivity index (χ0n) is 26.1. The van der Waals surface area contributed by atoms with E-state index >= 15 is 0 Å². The molecule has 0 amide bonds. The highest BCUT2D eigenvalue weighted by atomic mass is 16.3. The minimum Gasteiger partial charge on any atom is -0.396 e. The average molecular weight is 534 g/mol. The number of hydrogen-bond donors (Lipinski definition) is 2. The molecule has 3 nitrogen and oxygen atoms in total. The second-order valence-corrected chi connectivity index (χ2v) is 12.2. The molecular formula is C35H69N2O+. The van der Waals surface area contributed by atoms with E-state index in [-0.39, 0.29) is 0 Å². The third kappa shape index (κ3) is 20.1. The van der Waals surface area contributed by atoms with E-state index in [9.17, 15) is 5.11 Å². The number of allylic oxidation sites excluding steroid dienone is 2. The van der Waals surface area contributed by atoms with Crippen LogP contribution in [0.3, 0.4) is 0 Å². The Morgan fingerprint density at radius 2 is 1.08 bits per heavy atom. The maximum absolute atomic E-state index is 9.82. The van der Waals surface area contributed by atoms with Gasteiger partial charge in [-0.3, -0.25) is 9.89 Å². The number of aliphatic hydroxyl groups is 1. The molecule has 38 heavy (non-hydrogen) atoms. The van der Waals surface area contributed by atoms with Crippen LogP contribution in [0.15, 0.2) is 12.2 Å². The molecule has 0 saturated carbocycles. The molecule has 0 fully saturated rings. The molecule has 0 aromatic heterocycles. The van der Waals surface area contributed by atoms with Crippen molar-refractivity contribution in [3.8, 4) is 0 Å². The SMILES string of the molecule is CCCCCCCCC=CCCCCCCC(CCCCCCCCCCCC)C(CCO)[N+]1=CNCC1. The summed E-state index contributed by atoms with van der Waals surface area (Å²) in [5.41, 5.74) is 0. The third-order valence-corrected chi connectivity index (χ3v) is 8.68. The van der Waals surface area contributed by atoms with Crippen LogP contribution in [0.4, 0.5) is 0 Å². The van der Waals surface area contributed by atoms with Gasteiger partial charge in [-0.25, -0.2) is 0 Å². The van der Waals surface area contributed by atoms with Crippen LogP contribution < -0.4 is 5.32 Å². The summed E-state index contributed by atoms with van der Waals surface area (Å²) in [6.07, 6.45) is 41.1. The second kappa shape index (κ2) is 27.7. The molecule has 1 aliphatic rings. The highest BCUT2D eigenvalue weighted by molar-refractivity contribution is 5.49. The Morgan fingerprint density at radius 1 is 0.632 bits per heavy atom. The molecule has 2 N–H and O–H groups in total. The van der Waals surface area contributed by atoms with Gasteiger partial charge in [-0.15, -0.1) is 0 Å². The van der Waals surface area contributed by atoms with Gasteiger partial charge in [0.05, 0.1) is 0 Å². The van der Waals surface area contributed by atoms with Crippen molar-refractivity contribution >= 4 is 6.34 Å². The molecule has 0 bridgehead atoms. The van der Waals surface area contributed by atoms with Crippen LogP contribution in [-0.4, -0.2) is 41.8 Å². The van der Waals surface area contributed by atoms with E-state index in [1.165, 1.54) is 154 Å². The zero-order valence-corrected chi connectivity index (χ0v) is 26.1. The lowest BCUT2D eigenvalue weighted by molar-refractivity contribution is -0.564. The van der Waals surface area contributed by atoms with Crippen LogP contribution in [0.2, 0.25) is 0 Å². The van der Waals surface area contributed by atoms with Crippen molar-refractivity contribution in [1.82, 2.24) is 5.32 Å². The molecule has 1 rings (SSSR count). The summed E-state index contributed by atoms with van der Waals surface area (Å²) in [6.45, 7) is 7.06. The van der Waals surface area contributed by atoms with Gasteiger partial charge >= 0.3 is 0 Å². The standard InChI is InChI=1S/C35H68N2O/c1-3-5-7-9-11-13-15-16-17-18-20-22-24-26-28-34(35(29-32-38)37-31-30-36-33-37)27-25-23-21-19-14-12-10-8-6-4-2/h16-17,33-35,38H,3-15,18-32H2,1-2H3/p+1. The Kier molecular flexibility index (Phi) is 25.7. The van der Waals surface area contributed by atoms with Crippen LogP contribution in [-0.2, 0) is 0 Å². The molecule has 224 valence electrons. The van der Waals surface area contributed by atoms with E-state index < -0.39 is 0 Å². The predicted molar refractivity (Wildman–Crippen MR) is 169 cm³/mol. The Balaban J connectivity index is 2.23. The Hall–Kier alpha value is -0.830. The summed E-state index contributed by atoms with van der Waals surface area (Å²) < 4.78 is 2.51. The Bertz CT molecular complexity index is 544.